The molecule has 0 aromatic heterocycles. The molecular weight excluding hydrogens is 477 g/mol. The third kappa shape index (κ3) is 4.74. The van der Waals surface area contributed by atoms with Crippen molar-refractivity contribution >= 4 is 46.3 Å². The molecule has 1 aliphatic carbocycles. The van der Waals surface area contributed by atoms with Gasteiger partial charge in [-0.1, -0.05) is 113 Å². The van der Waals surface area contributed by atoms with Crippen LogP contribution in [0.25, 0.3) is 0 Å². The largest absolute Gasteiger partial charge is 0.311 e. The molecule has 1 heterocycles. The topological polar surface area (TPSA) is 3.24 Å². The lowest BCUT2D eigenvalue weighted by Gasteiger charge is -2.39. The highest BCUT2D eigenvalue weighted by atomic mass is 35.5. The van der Waals surface area contributed by atoms with Crippen molar-refractivity contribution in [1.82, 2.24) is 0 Å². The lowest BCUT2D eigenvalue weighted by Crippen LogP contribution is -2.30. The molecule has 180 valence electrons. The first kappa shape index (κ1) is 25.5. The number of benzene rings is 2. The monoisotopic (exact) mass is 511 g/mol. The Balaban J connectivity index is 1.87. The van der Waals surface area contributed by atoms with Gasteiger partial charge in [0.25, 0.3) is 0 Å². The van der Waals surface area contributed by atoms with E-state index in [1.807, 2.05) is 17.8 Å². The number of fused-ring (bicyclic) bond motifs is 1. The maximum absolute atomic E-state index is 6.87. The molecule has 4 rings (SSSR count). The van der Waals surface area contributed by atoms with Gasteiger partial charge in [0.05, 0.1) is 15.7 Å². The van der Waals surface area contributed by atoms with Crippen LogP contribution in [0.2, 0.25) is 10.0 Å². The number of hydrogen-bond acceptors (Lipinski definition) is 2. The molecule has 0 saturated carbocycles. The summed E-state index contributed by atoms with van der Waals surface area (Å²) in [6.07, 6.45) is 4.64. The highest BCUT2D eigenvalue weighted by molar-refractivity contribution is 8.06. The molecule has 2 aliphatic rings. The van der Waals surface area contributed by atoms with Crippen LogP contribution in [0.15, 0.2) is 70.1 Å². The maximum atomic E-state index is 6.87. The molecule has 2 aromatic carbocycles. The number of rotatable bonds is 3. The lowest BCUT2D eigenvalue weighted by molar-refractivity contribution is 0.395. The molecule has 34 heavy (non-hydrogen) atoms. The van der Waals surface area contributed by atoms with Gasteiger partial charge in [0.2, 0.25) is 0 Å². The van der Waals surface area contributed by atoms with E-state index < -0.39 is 0 Å². The van der Waals surface area contributed by atoms with Gasteiger partial charge in [-0.3, -0.25) is 0 Å². The van der Waals surface area contributed by atoms with E-state index in [4.69, 9.17) is 23.2 Å². The molecule has 2 aromatic rings. The normalized spacial score (nSPS) is 20.5. The third-order valence-electron chi connectivity index (χ3n) is 6.87. The van der Waals surface area contributed by atoms with Gasteiger partial charge in [-0.2, -0.15) is 0 Å². The van der Waals surface area contributed by atoms with E-state index in [9.17, 15) is 0 Å². The first-order valence-electron chi connectivity index (χ1n) is 11.9. The molecule has 4 heteroatoms. The van der Waals surface area contributed by atoms with Crippen LogP contribution in [0.3, 0.4) is 0 Å². The summed E-state index contributed by atoms with van der Waals surface area (Å²) >= 11 is 15.3. The summed E-state index contributed by atoms with van der Waals surface area (Å²) in [6.45, 7) is 18.1. The summed E-state index contributed by atoms with van der Waals surface area (Å²) in [4.78, 5) is 3.72. The first-order valence-corrected chi connectivity index (χ1v) is 13.6. The fraction of sp³-hybridized carbons (Fsp3) is 0.400. The first-order chi connectivity index (χ1) is 15.8. The van der Waals surface area contributed by atoms with Gasteiger partial charge >= 0.3 is 0 Å². The average Bonchev–Trinajstić information content (AvgIpc) is 3.15. The van der Waals surface area contributed by atoms with Crippen molar-refractivity contribution in [3.63, 3.8) is 0 Å². The number of halogens is 2. The molecular formula is C30H35Cl2NS. The van der Waals surface area contributed by atoms with Crippen molar-refractivity contribution in [2.45, 2.75) is 60.8 Å². The summed E-state index contributed by atoms with van der Waals surface area (Å²) in [5.41, 5.74) is 7.38. The fourth-order valence-corrected chi connectivity index (χ4v) is 6.69. The number of allylic oxidation sites excluding steroid dienone is 4. The number of thioether (sulfide) groups is 1. The summed E-state index contributed by atoms with van der Waals surface area (Å²) in [5, 5.41) is 3.48. The molecule has 0 fully saturated rings. The fourth-order valence-electron chi connectivity index (χ4n) is 5.10. The molecule has 0 N–H and O–H groups in total. The Morgan fingerprint density at radius 1 is 0.882 bits per heavy atom. The van der Waals surface area contributed by atoms with E-state index >= 15 is 0 Å². The highest BCUT2D eigenvalue weighted by Crippen LogP contribution is 2.54. The Labute approximate surface area is 219 Å². The lowest BCUT2D eigenvalue weighted by atomic mass is 9.71. The van der Waals surface area contributed by atoms with Crippen LogP contribution in [0.4, 0.5) is 11.4 Å². The Bertz CT molecular complexity index is 1190. The van der Waals surface area contributed by atoms with Gasteiger partial charge in [-0.05, 0) is 69.4 Å². The number of anilines is 2. The molecule has 0 radical (unpaired) electrons. The zero-order valence-electron chi connectivity index (χ0n) is 21.5. The van der Waals surface area contributed by atoms with E-state index in [0.717, 1.165) is 16.9 Å². The van der Waals surface area contributed by atoms with Crippen LogP contribution < -0.4 is 4.90 Å². The van der Waals surface area contributed by atoms with Crippen LogP contribution in [0, 0.1) is 24.2 Å². The zero-order valence-corrected chi connectivity index (χ0v) is 23.8. The minimum absolute atomic E-state index is 0.0936. The van der Waals surface area contributed by atoms with E-state index in [1.165, 1.54) is 21.7 Å². The second-order valence-electron chi connectivity index (χ2n) is 11.6. The van der Waals surface area contributed by atoms with Crippen molar-refractivity contribution in [2.24, 2.45) is 17.3 Å². The zero-order chi connectivity index (χ0) is 25.0. The second kappa shape index (κ2) is 9.12. The summed E-state index contributed by atoms with van der Waals surface area (Å²) in [7, 11) is 0. The Morgan fingerprint density at radius 3 is 2.12 bits per heavy atom. The Kier molecular flexibility index (Phi) is 6.83. The van der Waals surface area contributed by atoms with Gasteiger partial charge in [-0.15, -0.1) is 0 Å². The van der Waals surface area contributed by atoms with E-state index in [1.54, 1.807) is 0 Å². The van der Waals surface area contributed by atoms with E-state index in [0.29, 0.717) is 16.0 Å². The van der Waals surface area contributed by atoms with Gasteiger partial charge in [0, 0.05) is 17.3 Å². The van der Waals surface area contributed by atoms with E-state index in [2.05, 4.69) is 108 Å². The molecule has 1 nitrogen and oxygen atoms in total. The Morgan fingerprint density at radius 2 is 1.53 bits per heavy atom. The summed E-state index contributed by atoms with van der Waals surface area (Å²) in [5.74, 6) is 0.665. The predicted molar refractivity (Wildman–Crippen MR) is 152 cm³/mol. The molecule has 2 atom stereocenters. The van der Waals surface area contributed by atoms with Gasteiger partial charge in [0.15, 0.2) is 0 Å². The van der Waals surface area contributed by atoms with Crippen LogP contribution in [0.1, 0.15) is 59.6 Å². The number of aryl methyl sites for hydroxylation is 1. The molecule has 0 spiro atoms. The van der Waals surface area contributed by atoms with Crippen molar-refractivity contribution in [1.29, 1.82) is 0 Å². The van der Waals surface area contributed by atoms with Crippen molar-refractivity contribution < 1.29 is 0 Å². The average molecular weight is 513 g/mol. The molecule has 0 saturated heterocycles. The van der Waals surface area contributed by atoms with Crippen molar-refractivity contribution in [2.75, 3.05) is 4.90 Å². The number of nitrogens with zero attached hydrogens (tertiary/aromatic N) is 1. The maximum Gasteiger partial charge on any atom is 0.0832 e. The van der Waals surface area contributed by atoms with Crippen LogP contribution in [-0.4, -0.2) is 0 Å². The van der Waals surface area contributed by atoms with Crippen LogP contribution in [0.5, 0.6) is 0 Å². The summed E-state index contributed by atoms with van der Waals surface area (Å²) in [6, 6.07) is 13.0. The van der Waals surface area contributed by atoms with E-state index in [-0.39, 0.29) is 16.7 Å². The number of hydrogen-bond donors (Lipinski definition) is 0. The Hall–Kier alpha value is -1.61. The second-order valence-corrected chi connectivity index (χ2v) is 13.3. The quantitative estimate of drug-likeness (QED) is 0.402. The van der Waals surface area contributed by atoms with Crippen molar-refractivity contribution in [3.8, 4) is 0 Å². The van der Waals surface area contributed by atoms with Crippen LogP contribution >= 0.6 is 35.0 Å². The standard InChI is InChI=1S/C30H35Cl2NS/c1-18-15-23(31)28(32)24(16-18)33(21-11-9-20(10-12-21)29(3,4)5)25-17-34-26-14-13-22(30(6,7)8)19(2)27(25)26/h9-17,19,27H,1-8H3. The minimum atomic E-state index is 0.0936. The molecule has 0 bridgehead atoms. The predicted octanol–water partition coefficient (Wildman–Crippen LogP) is 10.4. The summed E-state index contributed by atoms with van der Waals surface area (Å²) < 4.78 is 0. The molecule has 2 unspecified atom stereocenters. The third-order valence-corrected chi connectivity index (χ3v) is 8.68. The highest BCUT2D eigenvalue weighted by Gasteiger charge is 2.40. The van der Waals surface area contributed by atoms with Gasteiger partial charge < -0.3 is 4.90 Å². The SMILES string of the molecule is Cc1cc(Cl)c(Cl)c(N(C2=CSC3=CC=C(C(C)(C)C)C(C)C32)c2ccc(C(C)(C)C)cc2)c1. The molecule has 0 amide bonds. The smallest absolute Gasteiger partial charge is 0.0832 e. The molecule has 1 aliphatic heterocycles. The van der Waals surface area contributed by atoms with Crippen molar-refractivity contribution in [3.05, 3.63) is 91.3 Å². The van der Waals surface area contributed by atoms with Crippen LogP contribution in [-0.2, 0) is 5.41 Å². The van der Waals surface area contributed by atoms with Gasteiger partial charge in [0.1, 0.15) is 0 Å². The van der Waals surface area contributed by atoms with Gasteiger partial charge in [-0.25, -0.2) is 0 Å². The minimum Gasteiger partial charge on any atom is -0.311 e.